The third-order valence-electron chi connectivity index (χ3n) is 1.99. The summed E-state index contributed by atoms with van der Waals surface area (Å²) in [6.07, 6.45) is 0. The monoisotopic (exact) mass is 153 g/mol. The summed E-state index contributed by atoms with van der Waals surface area (Å²) < 4.78 is 0. The molecule has 0 saturated heterocycles. The highest BCUT2D eigenvalue weighted by Crippen LogP contribution is 2.19. The SMILES string of the molecule is Cc1cc([C@@H](C)CO)c(C)[nH]1. The Morgan fingerprint density at radius 2 is 2.18 bits per heavy atom. The van der Waals surface area contributed by atoms with Crippen LogP contribution in [-0.2, 0) is 0 Å². The first-order chi connectivity index (χ1) is 5.15. The second-order valence-corrected chi connectivity index (χ2v) is 3.12. The van der Waals surface area contributed by atoms with Gasteiger partial charge in [0.05, 0.1) is 0 Å². The number of aromatic nitrogens is 1. The van der Waals surface area contributed by atoms with Crippen LogP contribution in [0.15, 0.2) is 6.07 Å². The van der Waals surface area contributed by atoms with Gasteiger partial charge in [-0.05, 0) is 25.5 Å². The molecule has 0 bridgehead atoms. The molecule has 2 nitrogen and oxygen atoms in total. The average molecular weight is 153 g/mol. The van der Waals surface area contributed by atoms with Gasteiger partial charge >= 0.3 is 0 Å². The molecule has 0 spiro atoms. The number of rotatable bonds is 2. The maximum atomic E-state index is 8.91. The second-order valence-electron chi connectivity index (χ2n) is 3.12. The van der Waals surface area contributed by atoms with E-state index in [4.69, 9.17) is 5.11 Å². The molecule has 0 unspecified atom stereocenters. The Kier molecular flexibility index (Phi) is 2.35. The van der Waals surface area contributed by atoms with Crippen molar-refractivity contribution in [1.29, 1.82) is 0 Å². The predicted molar refractivity (Wildman–Crippen MR) is 45.8 cm³/mol. The van der Waals surface area contributed by atoms with Crippen LogP contribution in [0.1, 0.15) is 29.8 Å². The van der Waals surface area contributed by atoms with Crippen molar-refractivity contribution in [3.8, 4) is 0 Å². The van der Waals surface area contributed by atoms with E-state index in [9.17, 15) is 0 Å². The fraction of sp³-hybridized carbons (Fsp3) is 0.556. The molecule has 0 aliphatic heterocycles. The molecule has 62 valence electrons. The van der Waals surface area contributed by atoms with Crippen molar-refractivity contribution in [2.24, 2.45) is 0 Å². The number of hydrogen-bond acceptors (Lipinski definition) is 1. The number of aryl methyl sites for hydroxylation is 2. The summed E-state index contributed by atoms with van der Waals surface area (Å²) in [4.78, 5) is 3.21. The van der Waals surface area contributed by atoms with Gasteiger partial charge in [-0.1, -0.05) is 6.92 Å². The Hall–Kier alpha value is -0.760. The molecule has 0 saturated carbocycles. The predicted octanol–water partition coefficient (Wildman–Crippen LogP) is 1.73. The van der Waals surface area contributed by atoms with Crippen LogP contribution in [0, 0.1) is 13.8 Å². The number of aliphatic hydroxyl groups excluding tert-OH is 1. The highest BCUT2D eigenvalue weighted by Gasteiger charge is 2.08. The summed E-state index contributed by atoms with van der Waals surface area (Å²) >= 11 is 0. The zero-order valence-corrected chi connectivity index (χ0v) is 7.31. The van der Waals surface area contributed by atoms with E-state index >= 15 is 0 Å². The third kappa shape index (κ3) is 1.63. The molecule has 0 aromatic carbocycles. The van der Waals surface area contributed by atoms with Crippen LogP contribution < -0.4 is 0 Å². The minimum atomic E-state index is 0.220. The standard InChI is InChI=1S/C9H15NO/c1-6(5-11)9-4-7(2)10-8(9)3/h4,6,10-11H,5H2,1-3H3/t6-/m0/s1. The van der Waals surface area contributed by atoms with Gasteiger partial charge in [0.2, 0.25) is 0 Å². The number of H-pyrrole nitrogens is 1. The minimum Gasteiger partial charge on any atom is -0.396 e. The molecule has 0 fully saturated rings. The van der Waals surface area contributed by atoms with Crippen molar-refractivity contribution in [2.45, 2.75) is 26.7 Å². The molecular weight excluding hydrogens is 138 g/mol. The zero-order chi connectivity index (χ0) is 8.43. The highest BCUT2D eigenvalue weighted by atomic mass is 16.3. The second kappa shape index (κ2) is 3.09. The Morgan fingerprint density at radius 1 is 1.55 bits per heavy atom. The molecule has 1 aromatic rings. The van der Waals surface area contributed by atoms with Gasteiger partial charge in [-0.2, -0.15) is 0 Å². The van der Waals surface area contributed by atoms with Crippen LogP contribution in [0.4, 0.5) is 0 Å². The first-order valence-corrected chi connectivity index (χ1v) is 3.92. The minimum absolute atomic E-state index is 0.220. The fourth-order valence-corrected chi connectivity index (χ4v) is 1.36. The van der Waals surface area contributed by atoms with Crippen molar-refractivity contribution in [2.75, 3.05) is 6.61 Å². The molecule has 0 aliphatic rings. The van der Waals surface area contributed by atoms with Gasteiger partial charge in [-0.15, -0.1) is 0 Å². The van der Waals surface area contributed by atoms with E-state index in [0.29, 0.717) is 0 Å². The fourth-order valence-electron chi connectivity index (χ4n) is 1.36. The number of aliphatic hydroxyl groups is 1. The Bertz CT molecular complexity index is 240. The molecule has 0 aliphatic carbocycles. The van der Waals surface area contributed by atoms with Crippen molar-refractivity contribution in [3.63, 3.8) is 0 Å². The van der Waals surface area contributed by atoms with E-state index in [2.05, 4.69) is 11.1 Å². The van der Waals surface area contributed by atoms with E-state index in [-0.39, 0.29) is 12.5 Å². The van der Waals surface area contributed by atoms with Crippen molar-refractivity contribution < 1.29 is 5.11 Å². The van der Waals surface area contributed by atoms with Gasteiger partial charge in [-0.25, -0.2) is 0 Å². The van der Waals surface area contributed by atoms with Crippen LogP contribution >= 0.6 is 0 Å². The third-order valence-corrected chi connectivity index (χ3v) is 1.99. The maximum absolute atomic E-state index is 8.91. The first kappa shape index (κ1) is 8.34. The van der Waals surface area contributed by atoms with Crippen LogP contribution in [0.2, 0.25) is 0 Å². The molecule has 2 heteroatoms. The lowest BCUT2D eigenvalue weighted by Crippen LogP contribution is -1.98. The lowest BCUT2D eigenvalue weighted by atomic mass is 10.0. The summed E-state index contributed by atoms with van der Waals surface area (Å²) in [5.74, 6) is 0.250. The van der Waals surface area contributed by atoms with Crippen LogP contribution in [0.25, 0.3) is 0 Å². The van der Waals surface area contributed by atoms with Gasteiger partial charge in [0.25, 0.3) is 0 Å². The Balaban J connectivity index is 2.93. The van der Waals surface area contributed by atoms with E-state index in [1.54, 1.807) is 0 Å². The molecule has 1 heterocycles. The Labute approximate surface area is 67.3 Å². The number of hydrogen-bond donors (Lipinski definition) is 2. The summed E-state index contributed by atoms with van der Waals surface area (Å²) in [5, 5.41) is 8.91. The smallest absolute Gasteiger partial charge is 0.0497 e. The molecule has 1 atom stereocenters. The van der Waals surface area contributed by atoms with Gasteiger partial charge in [0.1, 0.15) is 0 Å². The molecular formula is C9H15NO. The van der Waals surface area contributed by atoms with Crippen LogP contribution in [-0.4, -0.2) is 16.7 Å². The van der Waals surface area contributed by atoms with Gasteiger partial charge < -0.3 is 10.1 Å². The number of nitrogens with one attached hydrogen (secondary N) is 1. The average Bonchev–Trinajstić information content (AvgIpc) is 2.28. The lowest BCUT2D eigenvalue weighted by molar-refractivity contribution is 0.273. The van der Waals surface area contributed by atoms with Crippen LogP contribution in [0.3, 0.4) is 0 Å². The lowest BCUT2D eigenvalue weighted by Gasteiger charge is -2.05. The van der Waals surface area contributed by atoms with Crippen molar-refractivity contribution >= 4 is 0 Å². The van der Waals surface area contributed by atoms with Crippen molar-refractivity contribution in [1.82, 2.24) is 4.98 Å². The largest absolute Gasteiger partial charge is 0.396 e. The van der Waals surface area contributed by atoms with E-state index in [0.717, 1.165) is 5.69 Å². The maximum Gasteiger partial charge on any atom is 0.0497 e. The Morgan fingerprint density at radius 3 is 2.55 bits per heavy atom. The zero-order valence-electron chi connectivity index (χ0n) is 7.31. The summed E-state index contributed by atoms with van der Waals surface area (Å²) in [6.45, 7) is 6.31. The van der Waals surface area contributed by atoms with E-state index < -0.39 is 0 Å². The molecule has 0 amide bonds. The summed E-state index contributed by atoms with van der Waals surface area (Å²) in [5.41, 5.74) is 3.56. The van der Waals surface area contributed by atoms with Gasteiger partial charge in [0, 0.05) is 23.9 Å². The molecule has 2 N–H and O–H groups in total. The normalized spacial score (nSPS) is 13.5. The van der Waals surface area contributed by atoms with Crippen LogP contribution in [0.5, 0.6) is 0 Å². The molecule has 11 heavy (non-hydrogen) atoms. The highest BCUT2D eigenvalue weighted by molar-refractivity contribution is 5.27. The summed E-state index contributed by atoms with van der Waals surface area (Å²) in [7, 11) is 0. The van der Waals surface area contributed by atoms with Gasteiger partial charge in [-0.3, -0.25) is 0 Å². The van der Waals surface area contributed by atoms with E-state index in [1.807, 2.05) is 20.8 Å². The molecule has 0 radical (unpaired) electrons. The van der Waals surface area contributed by atoms with E-state index in [1.165, 1.54) is 11.3 Å². The van der Waals surface area contributed by atoms with Gasteiger partial charge in [0.15, 0.2) is 0 Å². The molecule has 1 aromatic heterocycles. The quantitative estimate of drug-likeness (QED) is 0.667. The van der Waals surface area contributed by atoms with Crippen molar-refractivity contribution in [3.05, 3.63) is 23.0 Å². The first-order valence-electron chi connectivity index (χ1n) is 3.92. The topological polar surface area (TPSA) is 36.0 Å². The molecule has 1 rings (SSSR count). The number of aromatic amines is 1. The summed E-state index contributed by atoms with van der Waals surface area (Å²) in [6, 6.07) is 2.09.